The van der Waals surface area contributed by atoms with Crippen molar-refractivity contribution < 1.29 is 0 Å². The second-order valence-electron chi connectivity index (χ2n) is 5.80. The molecule has 0 aromatic heterocycles. The molecule has 1 rings (SSSR count). The Morgan fingerprint density at radius 3 is 2.47 bits per heavy atom. The Balaban J connectivity index is 2.81. The van der Waals surface area contributed by atoms with Gasteiger partial charge < -0.3 is 5.73 Å². The van der Waals surface area contributed by atoms with Gasteiger partial charge in [0.05, 0.1) is 0 Å². The molecule has 1 aromatic carbocycles. The standard InChI is InChI=1S/C14H23ClN2/c1-10(14(2,3)4)17(5)9-11-8-12(15)6-7-13(11)16/h6-8,10H,9,16H2,1-5H3. The van der Waals surface area contributed by atoms with Crippen molar-refractivity contribution in [2.75, 3.05) is 12.8 Å². The second-order valence-corrected chi connectivity index (χ2v) is 6.24. The number of hydrogen-bond acceptors (Lipinski definition) is 2. The summed E-state index contributed by atoms with van der Waals surface area (Å²) in [7, 11) is 2.12. The zero-order chi connectivity index (χ0) is 13.2. The van der Waals surface area contributed by atoms with Crippen molar-refractivity contribution in [3.8, 4) is 0 Å². The van der Waals surface area contributed by atoms with Gasteiger partial charge in [0.15, 0.2) is 0 Å². The molecule has 0 saturated carbocycles. The quantitative estimate of drug-likeness (QED) is 0.832. The van der Waals surface area contributed by atoms with Gasteiger partial charge in [0.1, 0.15) is 0 Å². The third kappa shape index (κ3) is 3.90. The van der Waals surface area contributed by atoms with Crippen LogP contribution in [0, 0.1) is 5.41 Å². The molecule has 96 valence electrons. The van der Waals surface area contributed by atoms with E-state index in [4.69, 9.17) is 17.3 Å². The number of anilines is 1. The van der Waals surface area contributed by atoms with Gasteiger partial charge in [-0.25, -0.2) is 0 Å². The minimum absolute atomic E-state index is 0.252. The van der Waals surface area contributed by atoms with Crippen molar-refractivity contribution in [1.82, 2.24) is 4.90 Å². The molecule has 2 N–H and O–H groups in total. The third-order valence-electron chi connectivity index (χ3n) is 3.44. The van der Waals surface area contributed by atoms with Crippen LogP contribution in [0.2, 0.25) is 5.02 Å². The van der Waals surface area contributed by atoms with Crippen molar-refractivity contribution in [3.05, 3.63) is 28.8 Å². The van der Waals surface area contributed by atoms with Crippen molar-refractivity contribution in [1.29, 1.82) is 0 Å². The van der Waals surface area contributed by atoms with Crippen LogP contribution < -0.4 is 5.73 Å². The van der Waals surface area contributed by atoms with E-state index in [1.54, 1.807) is 0 Å². The number of benzene rings is 1. The van der Waals surface area contributed by atoms with Gasteiger partial charge in [0.25, 0.3) is 0 Å². The molecule has 0 bridgehead atoms. The number of hydrogen-bond donors (Lipinski definition) is 1. The summed E-state index contributed by atoms with van der Waals surface area (Å²) in [6.45, 7) is 9.80. The van der Waals surface area contributed by atoms with Crippen molar-refractivity contribution in [2.45, 2.75) is 40.3 Å². The molecule has 1 aromatic rings. The Labute approximate surface area is 110 Å². The predicted molar refractivity (Wildman–Crippen MR) is 76.2 cm³/mol. The fourth-order valence-corrected chi connectivity index (χ4v) is 1.97. The molecule has 0 heterocycles. The summed E-state index contributed by atoms with van der Waals surface area (Å²) >= 11 is 6.00. The molecule has 17 heavy (non-hydrogen) atoms. The van der Waals surface area contributed by atoms with Crippen LogP contribution in [0.15, 0.2) is 18.2 Å². The lowest BCUT2D eigenvalue weighted by molar-refractivity contribution is 0.135. The highest BCUT2D eigenvalue weighted by Crippen LogP contribution is 2.26. The van der Waals surface area contributed by atoms with E-state index in [9.17, 15) is 0 Å². The molecule has 0 spiro atoms. The van der Waals surface area contributed by atoms with E-state index in [2.05, 4.69) is 39.6 Å². The van der Waals surface area contributed by atoms with Gasteiger partial charge in [-0.3, -0.25) is 4.90 Å². The molecule has 0 aliphatic carbocycles. The van der Waals surface area contributed by atoms with Crippen LogP contribution in [0.3, 0.4) is 0 Å². The van der Waals surface area contributed by atoms with Crippen LogP contribution in [-0.4, -0.2) is 18.0 Å². The van der Waals surface area contributed by atoms with Crippen LogP contribution >= 0.6 is 11.6 Å². The molecule has 3 heteroatoms. The van der Waals surface area contributed by atoms with Gasteiger partial charge >= 0.3 is 0 Å². The summed E-state index contributed by atoms with van der Waals surface area (Å²) in [5, 5.41) is 0.742. The molecular formula is C14H23ClN2. The maximum atomic E-state index is 6.00. The number of rotatable bonds is 3. The Morgan fingerprint density at radius 1 is 1.35 bits per heavy atom. The molecule has 0 aliphatic heterocycles. The summed E-state index contributed by atoms with van der Waals surface area (Å²) in [5.74, 6) is 0. The molecule has 0 aliphatic rings. The van der Waals surface area contributed by atoms with Gasteiger partial charge in [0, 0.05) is 23.3 Å². The zero-order valence-corrected chi connectivity index (χ0v) is 12.2. The summed E-state index contributed by atoms with van der Waals surface area (Å²) in [6, 6.07) is 6.12. The second kappa shape index (κ2) is 5.28. The van der Waals surface area contributed by atoms with E-state index in [1.807, 2.05) is 18.2 Å². The lowest BCUT2D eigenvalue weighted by Gasteiger charge is -2.35. The molecule has 2 nitrogen and oxygen atoms in total. The number of nitrogens with zero attached hydrogens (tertiary/aromatic N) is 1. The van der Waals surface area contributed by atoms with Crippen molar-refractivity contribution in [3.63, 3.8) is 0 Å². The highest BCUT2D eigenvalue weighted by atomic mass is 35.5. The zero-order valence-electron chi connectivity index (χ0n) is 11.4. The summed E-state index contributed by atoms with van der Waals surface area (Å²) < 4.78 is 0. The molecule has 1 atom stereocenters. The molecule has 0 amide bonds. The van der Waals surface area contributed by atoms with Gasteiger partial charge in [-0.2, -0.15) is 0 Å². The van der Waals surface area contributed by atoms with Gasteiger partial charge in [-0.1, -0.05) is 32.4 Å². The Morgan fingerprint density at radius 2 is 1.94 bits per heavy atom. The Bertz CT molecular complexity index is 382. The van der Waals surface area contributed by atoms with E-state index in [0.29, 0.717) is 6.04 Å². The van der Waals surface area contributed by atoms with E-state index >= 15 is 0 Å². The average molecular weight is 255 g/mol. The molecule has 0 radical (unpaired) electrons. The fourth-order valence-electron chi connectivity index (χ4n) is 1.78. The smallest absolute Gasteiger partial charge is 0.0410 e. The van der Waals surface area contributed by atoms with Gasteiger partial charge in [-0.05, 0) is 43.1 Å². The minimum Gasteiger partial charge on any atom is -0.398 e. The van der Waals surface area contributed by atoms with E-state index in [-0.39, 0.29) is 5.41 Å². The lowest BCUT2D eigenvalue weighted by atomic mass is 9.87. The minimum atomic E-state index is 0.252. The maximum Gasteiger partial charge on any atom is 0.0410 e. The monoisotopic (exact) mass is 254 g/mol. The van der Waals surface area contributed by atoms with Crippen molar-refractivity contribution in [2.24, 2.45) is 5.41 Å². The molecule has 0 fully saturated rings. The average Bonchev–Trinajstić information content (AvgIpc) is 2.21. The Kier molecular flexibility index (Phi) is 4.45. The van der Waals surface area contributed by atoms with Crippen LogP contribution in [0.5, 0.6) is 0 Å². The first-order valence-electron chi connectivity index (χ1n) is 5.96. The lowest BCUT2D eigenvalue weighted by Crippen LogP contribution is -2.38. The molecule has 1 unspecified atom stereocenters. The molecular weight excluding hydrogens is 232 g/mol. The summed E-state index contributed by atoms with van der Waals surface area (Å²) in [5.41, 5.74) is 8.12. The van der Waals surface area contributed by atoms with Gasteiger partial charge in [-0.15, -0.1) is 0 Å². The normalized spacial score (nSPS) is 14.1. The van der Waals surface area contributed by atoms with Crippen LogP contribution in [0.25, 0.3) is 0 Å². The van der Waals surface area contributed by atoms with Crippen LogP contribution in [-0.2, 0) is 6.54 Å². The maximum absolute atomic E-state index is 6.00. The first-order chi connectivity index (χ1) is 7.71. The first kappa shape index (κ1) is 14.3. The Hall–Kier alpha value is -0.730. The summed E-state index contributed by atoms with van der Waals surface area (Å²) in [6.07, 6.45) is 0. The largest absolute Gasteiger partial charge is 0.398 e. The number of halogens is 1. The van der Waals surface area contributed by atoms with Gasteiger partial charge in [0.2, 0.25) is 0 Å². The SMILES string of the molecule is CC(N(C)Cc1cc(Cl)ccc1N)C(C)(C)C. The summed E-state index contributed by atoms with van der Waals surface area (Å²) in [4.78, 5) is 2.31. The highest BCUT2D eigenvalue weighted by Gasteiger charge is 2.24. The predicted octanol–water partition coefficient (Wildman–Crippen LogP) is 3.79. The van der Waals surface area contributed by atoms with Crippen LogP contribution in [0.4, 0.5) is 5.69 Å². The number of nitrogens with two attached hydrogens (primary N) is 1. The van der Waals surface area contributed by atoms with E-state index < -0.39 is 0 Å². The van der Waals surface area contributed by atoms with E-state index in [0.717, 1.165) is 22.8 Å². The fraction of sp³-hybridized carbons (Fsp3) is 0.571. The highest BCUT2D eigenvalue weighted by molar-refractivity contribution is 6.30. The van der Waals surface area contributed by atoms with E-state index in [1.165, 1.54) is 0 Å². The van der Waals surface area contributed by atoms with Crippen molar-refractivity contribution >= 4 is 17.3 Å². The first-order valence-corrected chi connectivity index (χ1v) is 6.33. The topological polar surface area (TPSA) is 29.3 Å². The van der Waals surface area contributed by atoms with Crippen LogP contribution in [0.1, 0.15) is 33.3 Å². The molecule has 0 saturated heterocycles. The number of nitrogen functional groups attached to an aromatic ring is 1. The third-order valence-corrected chi connectivity index (χ3v) is 3.67.